The summed E-state index contributed by atoms with van der Waals surface area (Å²) in [4.78, 5) is 33.1. The van der Waals surface area contributed by atoms with Gasteiger partial charge in [0, 0.05) is 48.6 Å². The minimum Gasteiger partial charge on any atom is -0.351 e. The Morgan fingerprint density at radius 1 is 1.06 bits per heavy atom. The van der Waals surface area contributed by atoms with Gasteiger partial charge >= 0.3 is 0 Å². The van der Waals surface area contributed by atoms with Crippen molar-refractivity contribution in [1.82, 2.24) is 20.2 Å². The molecule has 34 heavy (non-hydrogen) atoms. The lowest BCUT2D eigenvalue weighted by Crippen LogP contribution is -2.42. The van der Waals surface area contributed by atoms with Crippen LogP contribution in [0.3, 0.4) is 0 Å². The quantitative estimate of drug-likeness (QED) is 0.412. The molecular weight excluding hydrogens is 466 g/mol. The van der Waals surface area contributed by atoms with Crippen molar-refractivity contribution in [2.45, 2.75) is 17.5 Å². The van der Waals surface area contributed by atoms with Crippen LogP contribution in [0.2, 0.25) is 0 Å². The molecule has 1 aliphatic rings. The molecule has 0 radical (unpaired) electrons. The molecule has 0 bridgehead atoms. The van der Waals surface area contributed by atoms with E-state index in [0.717, 1.165) is 18.4 Å². The molecule has 8 nitrogen and oxygen atoms in total. The van der Waals surface area contributed by atoms with Crippen LogP contribution in [-0.4, -0.2) is 49.0 Å². The summed E-state index contributed by atoms with van der Waals surface area (Å²) in [5.41, 5.74) is 1.33. The van der Waals surface area contributed by atoms with E-state index in [0.29, 0.717) is 35.2 Å². The number of H-pyrrole nitrogens is 2. The highest BCUT2D eigenvalue weighted by Gasteiger charge is 2.31. The van der Waals surface area contributed by atoms with Crippen molar-refractivity contribution in [2.24, 2.45) is 0 Å². The van der Waals surface area contributed by atoms with E-state index in [2.05, 4.69) is 15.3 Å². The molecule has 3 heterocycles. The predicted octanol–water partition coefficient (Wildman–Crippen LogP) is 2.61. The summed E-state index contributed by atoms with van der Waals surface area (Å²) in [5.74, 6) is -2.60. The number of aromatic nitrogens is 2. The van der Waals surface area contributed by atoms with E-state index in [-0.39, 0.29) is 21.4 Å². The number of nitrogens with zero attached hydrogens (tertiary/aromatic N) is 1. The molecule has 0 saturated heterocycles. The third kappa shape index (κ3) is 3.57. The average Bonchev–Trinajstić information content (AvgIpc) is 3.22. The zero-order chi connectivity index (χ0) is 24.4. The van der Waals surface area contributed by atoms with Crippen LogP contribution in [0.15, 0.2) is 46.1 Å². The molecule has 0 aliphatic carbocycles. The first-order valence-electron chi connectivity index (χ1n) is 10.4. The van der Waals surface area contributed by atoms with Gasteiger partial charge in [-0.1, -0.05) is 0 Å². The van der Waals surface area contributed by atoms with Crippen LogP contribution in [0, 0.1) is 11.6 Å². The molecule has 11 heteroatoms. The molecule has 1 amide bonds. The smallest absolute Gasteiger partial charge is 0.270 e. The summed E-state index contributed by atoms with van der Waals surface area (Å²) in [5, 5.41) is 3.95. The van der Waals surface area contributed by atoms with Gasteiger partial charge in [0.2, 0.25) is 0 Å². The minimum absolute atomic E-state index is 0.00400. The topological polar surface area (TPSA) is 115 Å². The Labute approximate surface area is 192 Å². The van der Waals surface area contributed by atoms with Gasteiger partial charge < -0.3 is 20.2 Å². The number of nitrogens with one attached hydrogen (secondary N) is 3. The van der Waals surface area contributed by atoms with Crippen LogP contribution < -0.4 is 10.9 Å². The van der Waals surface area contributed by atoms with Crippen LogP contribution in [0.1, 0.15) is 27.8 Å². The fraction of sp³-hybridized carbons (Fsp3) is 0.217. The van der Waals surface area contributed by atoms with Crippen molar-refractivity contribution in [1.29, 1.82) is 0 Å². The standard InChI is InChI=1S/C23H20F2N4O4S/c1-29(23(31)18-6-11-5-12(34(2,32)33)3-4-17(11)27-18)20-10-26-9-19-21(20)13-7-15(24)16(25)8-14(13)22(30)28-19/h3-8,20,26-27H,9-10H2,1-2H3,(H,28,30). The van der Waals surface area contributed by atoms with E-state index in [1.165, 1.54) is 17.0 Å². The number of carbonyl (C=O) groups is 1. The first-order valence-corrected chi connectivity index (χ1v) is 12.3. The van der Waals surface area contributed by atoms with Crippen molar-refractivity contribution >= 4 is 37.4 Å². The number of amides is 1. The molecule has 0 spiro atoms. The van der Waals surface area contributed by atoms with Gasteiger partial charge in [-0.3, -0.25) is 9.59 Å². The van der Waals surface area contributed by atoms with Gasteiger partial charge in [-0.05, 0) is 41.8 Å². The number of benzene rings is 2. The van der Waals surface area contributed by atoms with Gasteiger partial charge in [0.05, 0.1) is 16.3 Å². The molecule has 3 N–H and O–H groups in total. The summed E-state index contributed by atoms with van der Waals surface area (Å²) in [7, 11) is -1.83. The monoisotopic (exact) mass is 486 g/mol. The average molecular weight is 487 g/mol. The van der Waals surface area contributed by atoms with Gasteiger partial charge in [0.25, 0.3) is 11.5 Å². The van der Waals surface area contributed by atoms with Crippen LogP contribution in [0.4, 0.5) is 8.78 Å². The third-order valence-electron chi connectivity index (χ3n) is 6.20. The first-order chi connectivity index (χ1) is 16.0. The zero-order valence-electron chi connectivity index (χ0n) is 18.2. The Morgan fingerprint density at radius 3 is 2.47 bits per heavy atom. The van der Waals surface area contributed by atoms with Crippen molar-refractivity contribution in [2.75, 3.05) is 19.8 Å². The second-order valence-corrected chi connectivity index (χ2v) is 10.4. The molecule has 1 atom stereocenters. The second kappa shape index (κ2) is 7.74. The van der Waals surface area contributed by atoms with Crippen molar-refractivity contribution in [3.63, 3.8) is 0 Å². The highest BCUT2D eigenvalue weighted by atomic mass is 32.2. The molecule has 0 fully saturated rings. The highest BCUT2D eigenvalue weighted by Crippen LogP contribution is 2.33. The molecule has 5 rings (SSSR count). The lowest BCUT2D eigenvalue weighted by Gasteiger charge is -2.34. The predicted molar refractivity (Wildman–Crippen MR) is 122 cm³/mol. The summed E-state index contributed by atoms with van der Waals surface area (Å²) < 4.78 is 51.6. The largest absolute Gasteiger partial charge is 0.351 e. The van der Waals surface area contributed by atoms with Crippen LogP contribution in [-0.2, 0) is 16.4 Å². The van der Waals surface area contributed by atoms with E-state index in [1.54, 1.807) is 19.2 Å². The summed E-state index contributed by atoms with van der Waals surface area (Å²) in [6.45, 7) is 0.631. The van der Waals surface area contributed by atoms with Crippen molar-refractivity contribution < 1.29 is 22.0 Å². The van der Waals surface area contributed by atoms with Gasteiger partial charge in [0.1, 0.15) is 5.69 Å². The summed E-state index contributed by atoms with van der Waals surface area (Å²) in [6.07, 6.45) is 1.11. The number of hydrogen-bond donors (Lipinski definition) is 3. The van der Waals surface area contributed by atoms with E-state index in [9.17, 15) is 26.8 Å². The third-order valence-corrected chi connectivity index (χ3v) is 7.31. The molecule has 176 valence electrons. The number of hydrogen-bond acceptors (Lipinski definition) is 5. The van der Waals surface area contributed by atoms with E-state index >= 15 is 0 Å². The second-order valence-electron chi connectivity index (χ2n) is 8.43. The SMILES string of the molecule is CN(C(=O)c1cc2cc(S(C)(=O)=O)ccc2[nH]1)C1CNCc2[nH]c(=O)c3cc(F)c(F)cc3c21. The van der Waals surface area contributed by atoms with Crippen LogP contribution in [0.25, 0.3) is 21.7 Å². The molecule has 0 saturated carbocycles. The van der Waals surface area contributed by atoms with Gasteiger partial charge in [0.15, 0.2) is 21.5 Å². The fourth-order valence-electron chi connectivity index (χ4n) is 4.47. The number of sulfone groups is 1. The van der Waals surface area contributed by atoms with E-state index < -0.39 is 39.0 Å². The number of fused-ring (bicyclic) bond motifs is 4. The Hall–Kier alpha value is -3.57. The molecule has 1 aliphatic heterocycles. The van der Waals surface area contributed by atoms with Gasteiger partial charge in [-0.15, -0.1) is 0 Å². The Bertz CT molecular complexity index is 1660. The molecule has 2 aromatic heterocycles. The number of carbonyl (C=O) groups excluding carboxylic acids is 1. The molecule has 1 unspecified atom stereocenters. The molecule has 2 aromatic carbocycles. The lowest BCUT2D eigenvalue weighted by molar-refractivity contribution is 0.0718. The maximum absolute atomic E-state index is 14.1. The maximum atomic E-state index is 14.1. The number of halogens is 2. The summed E-state index contributed by atoms with van der Waals surface area (Å²) >= 11 is 0. The fourth-order valence-corrected chi connectivity index (χ4v) is 5.12. The normalized spacial score (nSPS) is 16.1. The lowest BCUT2D eigenvalue weighted by atomic mass is 9.93. The maximum Gasteiger partial charge on any atom is 0.270 e. The molecule has 4 aromatic rings. The van der Waals surface area contributed by atoms with E-state index in [1.807, 2.05) is 0 Å². The Kier molecular flexibility index (Phi) is 5.06. The van der Waals surface area contributed by atoms with E-state index in [4.69, 9.17) is 0 Å². The molecular formula is C23H20F2N4O4S. The Morgan fingerprint density at radius 2 is 1.76 bits per heavy atom. The van der Waals surface area contributed by atoms with Crippen molar-refractivity contribution in [3.05, 3.63) is 75.3 Å². The number of pyridine rings is 1. The van der Waals surface area contributed by atoms with Crippen LogP contribution >= 0.6 is 0 Å². The minimum atomic E-state index is -3.41. The summed E-state index contributed by atoms with van der Waals surface area (Å²) in [6, 6.07) is 7.38. The number of aromatic amines is 2. The van der Waals surface area contributed by atoms with Crippen molar-refractivity contribution in [3.8, 4) is 0 Å². The van der Waals surface area contributed by atoms with Gasteiger partial charge in [-0.25, -0.2) is 17.2 Å². The Balaban J connectivity index is 1.58. The number of likely N-dealkylation sites (N-methyl/N-ethyl adjacent to an activating group) is 1. The highest BCUT2D eigenvalue weighted by molar-refractivity contribution is 7.90. The first kappa shape index (κ1) is 22.2. The van der Waals surface area contributed by atoms with Crippen LogP contribution in [0.5, 0.6) is 0 Å². The van der Waals surface area contributed by atoms with Gasteiger partial charge in [-0.2, -0.15) is 0 Å². The number of rotatable bonds is 3. The zero-order valence-corrected chi connectivity index (χ0v) is 19.0.